The molecule has 0 aromatic heterocycles. The molecule has 0 N–H and O–H groups in total. The molecule has 2 aromatic carbocycles. The first-order chi connectivity index (χ1) is 9.58. The third-order valence-electron chi connectivity index (χ3n) is 2.56. The second-order valence-corrected chi connectivity index (χ2v) is 6.38. The van der Waals surface area contributed by atoms with E-state index in [0.29, 0.717) is 27.3 Å². The number of nitrogens with zero attached hydrogens (tertiary/aromatic N) is 2. The molecule has 0 heterocycles. The highest BCUT2D eigenvalue weighted by Gasteiger charge is 2.08. The van der Waals surface area contributed by atoms with Gasteiger partial charge in [0.25, 0.3) is 0 Å². The Labute approximate surface area is 140 Å². The fourth-order valence-electron chi connectivity index (χ4n) is 1.58. The van der Waals surface area contributed by atoms with Gasteiger partial charge < -0.3 is 0 Å². The highest BCUT2D eigenvalue weighted by atomic mass is 79.9. The van der Waals surface area contributed by atoms with Crippen LogP contribution >= 0.6 is 50.7 Å². The minimum atomic E-state index is 0.0947. The third-order valence-corrected chi connectivity index (χ3v) is 4.17. The summed E-state index contributed by atoms with van der Waals surface area (Å²) in [5, 5.41) is 9.47. The highest BCUT2D eigenvalue weighted by molar-refractivity contribution is 9.09. The van der Waals surface area contributed by atoms with Crippen molar-refractivity contribution in [1.29, 1.82) is 0 Å². The maximum atomic E-state index is 6.03. The van der Waals surface area contributed by atoms with Crippen LogP contribution in [0.15, 0.2) is 52.7 Å². The van der Waals surface area contributed by atoms with Crippen molar-refractivity contribution >= 4 is 56.4 Å². The summed E-state index contributed by atoms with van der Waals surface area (Å²) in [5.41, 5.74) is 1.57. The normalized spacial score (nSPS) is 12.8. The van der Waals surface area contributed by atoms with Gasteiger partial charge in [-0.1, -0.05) is 81.1 Å². The number of azo groups is 1. The Bertz CT molecular complexity index is 594. The van der Waals surface area contributed by atoms with E-state index in [4.69, 9.17) is 34.8 Å². The number of alkyl halides is 1. The third kappa shape index (κ3) is 4.19. The SMILES string of the molecule is Clc1cc(Cl)c(N=NCC(Br)c2ccccc2)c(Cl)c1. The van der Waals surface area contributed by atoms with Gasteiger partial charge in [-0.3, -0.25) is 0 Å². The van der Waals surface area contributed by atoms with E-state index in [9.17, 15) is 0 Å². The molecule has 1 atom stereocenters. The quantitative estimate of drug-likeness (QED) is 0.401. The molecule has 0 saturated carbocycles. The van der Waals surface area contributed by atoms with E-state index in [1.807, 2.05) is 30.3 Å². The average Bonchev–Trinajstić information content (AvgIpc) is 2.42. The lowest BCUT2D eigenvalue weighted by Crippen LogP contribution is -1.92. The molecule has 0 saturated heterocycles. The van der Waals surface area contributed by atoms with Gasteiger partial charge in [0.15, 0.2) is 0 Å². The van der Waals surface area contributed by atoms with Gasteiger partial charge in [0.2, 0.25) is 0 Å². The van der Waals surface area contributed by atoms with Crippen LogP contribution in [0.3, 0.4) is 0 Å². The van der Waals surface area contributed by atoms with Crippen LogP contribution in [-0.4, -0.2) is 6.54 Å². The number of rotatable bonds is 4. The first kappa shape index (κ1) is 15.8. The predicted octanol–water partition coefficient (Wildman–Crippen LogP) is 6.87. The van der Waals surface area contributed by atoms with Crippen molar-refractivity contribution in [2.24, 2.45) is 10.2 Å². The summed E-state index contributed by atoms with van der Waals surface area (Å²) >= 11 is 21.5. The molecule has 20 heavy (non-hydrogen) atoms. The van der Waals surface area contributed by atoms with Crippen molar-refractivity contribution in [1.82, 2.24) is 0 Å². The van der Waals surface area contributed by atoms with Gasteiger partial charge in [-0.15, -0.1) is 0 Å². The molecule has 0 aliphatic carbocycles. The van der Waals surface area contributed by atoms with Crippen molar-refractivity contribution in [3.63, 3.8) is 0 Å². The Balaban J connectivity index is 2.08. The molecule has 104 valence electrons. The van der Waals surface area contributed by atoms with E-state index in [1.54, 1.807) is 12.1 Å². The Morgan fingerprint density at radius 2 is 1.60 bits per heavy atom. The molecule has 0 amide bonds. The lowest BCUT2D eigenvalue weighted by molar-refractivity contribution is 0.896. The molecule has 0 bridgehead atoms. The van der Waals surface area contributed by atoms with Crippen LogP contribution in [0, 0.1) is 0 Å². The smallest absolute Gasteiger partial charge is 0.122 e. The number of hydrogen-bond donors (Lipinski definition) is 0. The molecular formula is C14H10BrCl3N2. The topological polar surface area (TPSA) is 24.7 Å². The van der Waals surface area contributed by atoms with Crippen molar-refractivity contribution in [3.05, 3.63) is 63.1 Å². The zero-order valence-corrected chi connectivity index (χ0v) is 14.1. The molecule has 2 nitrogen and oxygen atoms in total. The van der Waals surface area contributed by atoms with Crippen molar-refractivity contribution in [3.8, 4) is 0 Å². The van der Waals surface area contributed by atoms with Crippen LogP contribution in [0.25, 0.3) is 0 Å². The molecule has 0 spiro atoms. The summed E-state index contributed by atoms with van der Waals surface area (Å²) in [6.45, 7) is 0.485. The monoisotopic (exact) mass is 390 g/mol. The molecular weight excluding hydrogens is 382 g/mol. The molecule has 0 aliphatic heterocycles. The van der Waals surface area contributed by atoms with Gasteiger partial charge in [0.05, 0.1) is 21.4 Å². The van der Waals surface area contributed by atoms with E-state index in [-0.39, 0.29) is 4.83 Å². The zero-order chi connectivity index (χ0) is 14.5. The summed E-state index contributed by atoms with van der Waals surface area (Å²) in [7, 11) is 0. The Hall–Kier alpha value is -0.610. The van der Waals surface area contributed by atoms with Crippen LogP contribution in [-0.2, 0) is 0 Å². The standard InChI is InChI=1S/C14H10BrCl3N2/c15-11(9-4-2-1-3-5-9)8-19-20-14-12(17)6-10(16)7-13(14)18/h1-7,11H,8H2. The Morgan fingerprint density at radius 1 is 1.00 bits per heavy atom. The van der Waals surface area contributed by atoms with E-state index in [0.717, 1.165) is 5.56 Å². The largest absolute Gasteiger partial charge is 0.187 e. The first-order valence-electron chi connectivity index (χ1n) is 5.79. The summed E-state index contributed by atoms with van der Waals surface area (Å²) in [6.07, 6.45) is 0. The zero-order valence-electron chi connectivity index (χ0n) is 10.2. The average molecular weight is 393 g/mol. The van der Waals surface area contributed by atoms with Crippen LogP contribution in [0.5, 0.6) is 0 Å². The van der Waals surface area contributed by atoms with Gasteiger partial charge in [0, 0.05) is 5.02 Å². The second-order valence-electron chi connectivity index (χ2n) is 4.02. The fourth-order valence-corrected chi connectivity index (χ4v) is 2.91. The lowest BCUT2D eigenvalue weighted by Gasteiger charge is -2.06. The van der Waals surface area contributed by atoms with Crippen molar-refractivity contribution < 1.29 is 0 Å². The number of hydrogen-bond acceptors (Lipinski definition) is 2. The molecule has 0 radical (unpaired) electrons. The number of benzene rings is 2. The molecule has 0 fully saturated rings. The Kier molecular flexibility index (Phi) is 5.85. The molecule has 2 aromatic rings. The van der Waals surface area contributed by atoms with Crippen LogP contribution in [0.4, 0.5) is 5.69 Å². The summed E-state index contributed by atoms with van der Waals surface area (Å²) in [4.78, 5) is 0.0947. The minimum Gasteiger partial charge on any atom is -0.187 e. The van der Waals surface area contributed by atoms with Crippen LogP contribution in [0.1, 0.15) is 10.4 Å². The van der Waals surface area contributed by atoms with Gasteiger partial charge in [0.1, 0.15) is 5.69 Å². The van der Waals surface area contributed by atoms with Crippen LogP contribution in [0.2, 0.25) is 15.1 Å². The molecule has 2 rings (SSSR count). The van der Waals surface area contributed by atoms with Gasteiger partial charge in [-0.2, -0.15) is 10.2 Å². The van der Waals surface area contributed by atoms with Crippen molar-refractivity contribution in [2.75, 3.05) is 6.54 Å². The predicted molar refractivity (Wildman–Crippen MR) is 89.0 cm³/mol. The van der Waals surface area contributed by atoms with E-state index < -0.39 is 0 Å². The first-order valence-corrected chi connectivity index (χ1v) is 7.84. The molecule has 1 unspecified atom stereocenters. The Morgan fingerprint density at radius 3 is 2.20 bits per heavy atom. The van der Waals surface area contributed by atoms with E-state index in [1.165, 1.54) is 0 Å². The van der Waals surface area contributed by atoms with E-state index >= 15 is 0 Å². The summed E-state index contributed by atoms with van der Waals surface area (Å²) in [5.74, 6) is 0. The summed E-state index contributed by atoms with van der Waals surface area (Å²) in [6, 6.07) is 13.2. The number of halogens is 4. The lowest BCUT2D eigenvalue weighted by atomic mass is 10.2. The van der Waals surface area contributed by atoms with Crippen LogP contribution < -0.4 is 0 Å². The fraction of sp³-hybridized carbons (Fsp3) is 0.143. The highest BCUT2D eigenvalue weighted by Crippen LogP contribution is 2.36. The van der Waals surface area contributed by atoms with E-state index in [2.05, 4.69) is 26.2 Å². The molecule has 6 heteroatoms. The maximum Gasteiger partial charge on any atom is 0.122 e. The van der Waals surface area contributed by atoms with Crippen molar-refractivity contribution in [2.45, 2.75) is 4.83 Å². The minimum absolute atomic E-state index is 0.0947. The second kappa shape index (κ2) is 7.41. The van der Waals surface area contributed by atoms with Gasteiger partial charge in [-0.25, -0.2) is 0 Å². The molecule has 0 aliphatic rings. The van der Waals surface area contributed by atoms with Gasteiger partial charge in [-0.05, 0) is 17.7 Å². The summed E-state index contributed by atoms with van der Waals surface area (Å²) < 4.78 is 0. The van der Waals surface area contributed by atoms with Gasteiger partial charge >= 0.3 is 0 Å². The maximum absolute atomic E-state index is 6.03.